The molecule has 0 aromatic carbocycles. The van der Waals surface area contributed by atoms with Gasteiger partial charge in [0.05, 0.1) is 24.3 Å². The number of halogens is 7. The van der Waals surface area contributed by atoms with E-state index in [1.807, 2.05) is 0 Å². The molecule has 0 amide bonds. The number of hydrogen-bond acceptors (Lipinski definition) is 4. The second-order valence-electron chi connectivity index (χ2n) is 3.80. The molecule has 22 heavy (non-hydrogen) atoms. The molecule has 0 radical (unpaired) electrons. The van der Waals surface area contributed by atoms with E-state index in [0.717, 1.165) is 0 Å². The molecular formula is C11H8F6INO3. The molecule has 1 aromatic rings. The Morgan fingerprint density at radius 3 is 2.32 bits per heavy atom. The number of rotatable bonds is 4. The van der Waals surface area contributed by atoms with E-state index in [9.17, 15) is 31.1 Å². The molecular weight excluding hydrogens is 435 g/mol. The normalized spacial score (nSPS) is 12.2. The molecule has 0 aliphatic rings. The number of hydrogen-bond donors (Lipinski definition) is 0. The number of carbonyl (C=O) groups excluding carboxylic acids is 1. The van der Waals surface area contributed by atoms with Crippen molar-refractivity contribution in [3.63, 3.8) is 0 Å². The van der Waals surface area contributed by atoms with Crippen LogP contribution in [-0.4, -0.2) is 23.9 Å². The van der Waals surface area contributed by atoms with E-state index in [0.29, 0.717) is 0 Å². The molecule has 1 rings (SSSR count). The van der Waals surface area contributed by atoms with Crippen LogP contribution in [0, 0.1) is 3.57 Å². The van der Waals surface area contributed by atoms with Gasteiger partial charge < -0.3 is 9.47 Å². The van der Waals surface area contributed by atoms with Crippen LogP contribution in [0.2, 0.25) is 0 Å². The van der Waals surface area contributed by atoms with Crippen LogP contribution >= 0.6 is 22.6 Å². The fourth-order valence-corrected chi connectivity index (χ4v) is 2.17. The minimum absolute atomic E-state index is 0.0275. The summed E-state index contributed by atoms with van der Waals surface area (Å²) in [6.45, 7) is 1.45. The van der Waals surface area contributed by atoms with Gasteiger partial charge in [0, 0.05) is 9.64 Å². The van der Waals surface area contributed by atoms with Gasteiger partial charge in [-0.15, -0.1) is 13.2 Å². The molecule has 0 atom stereocenters. The summed E-state index contributed by atoms with van der Waals surface area (Å²) in [4.78, 5) is 14.6. The minimum atomic E-state index is -5.20. The molecule has 0 aliphatic heterocycles. The smallest absolute Gasteiger partial charge is 0.466 e. The second-order valence-corrected chi connectivity index (χ2v) is 4.87. The van der Waals surface area contributed by atoms with E-state index in [1.165, 1.54) is 29.5 Å². The average Bonchev–Trinajstić information content (AvgIpc) is 2.30. The number of nitrogens with zero attached hydrogens (tertiary/aromatic N) is 1. The highest BCUT2D eigenvalue weighted by molar-refractivity contribution is 14.1. The lowest BCUT2D eigenvalue weighted by Gasteiger charge is -2.15. The minimum Gasteiger partial charge on any atom is -0.466 e. The largest absolute Gasteiger partial charge is 0.574 e. The highest BCUT2D eigenvalue weighted by atomic mass is 127. The zero-order valence-corrected chi connectivity index (χ0v) is 13.0. The number of alkyl halides is 6. The highest BCUT2D eigenvalue weighted by Crippen LogP contribution is 2.37. The topological polar surface area (TPSA) is 48.4 Å². The summed E-state index contributed by atoms with van der Waals surface area (Å²) in [6.07, 6.45) is -10.8. The lowest BCUT2D eigenvalue weighted by molar-refractivity contribution is -0.276. The molecule has 0 unspecified atom stereocenters. The van der Waals surface area contributed by atoms with Gasteiger partial charge in [0.25, 0.3) is 0 Å². The van der Waals surface area contributed by atoms with Gasteiger partial charge >= 0.3 is 18.5 Å². The van der Waals surface area contributed by atoms with Crippen LogP contribution in [-0.2, 0) is 22.1 Å². The Labute approximate surface area is 133 Å². The Morgan fingerprint density at radius 1 is 1.27 bits per heavy atom. The third-order valence-corrected chi connectivity index (χ3v) is 3.35. The van der Waals surface area contributed by atoms with Crippen LogP contribution in [0.3, 0.4) is 0 Å². The van der Waals surface area contributed by atoms with Crippen LogP contribution in [0.1, 0.15) is 18.2 Å². The van der Waals surface area contributed by atoms with Crippen molar-refractivity contribution in [3.8, 4) is 5.88 Å². The molecule has 1 aromatic heterocycles. The van der Waals surface area contributed by atoms with Crippen molar-refractivity contribution in [3.05, 3.63) is 20.9 Å². The Morgan fingerprint density at radius 2 is 1.86 bits per heavy atom. The van der Waals surface area contributed by atoms with Crippen LogP contribution in [0.5, 0.6) is 5.88 Å². The number of aromatic nitrogens is 1. The maximum absolute atomic E-state index is 12.8. The lowest BCUT2D eigenvalue weighted by atomic mass is 10.2. The summed E-state index contributed by atoms with van der Waals surface area (Å²) < 4.78 is 82.4. The SMILES string of the molecule is CCOC(=O)Cc1nc(OC(F)(F)F)cc(C(F)(F)F)c1I. The molecule has 4 nitrogen and oxygen atoms in total. The van der Waals surface area contributed by atoms with Gasteiger partial charge in [-0.25, -0.2) is 4.98 Å². The van der Waals surface area contributed by atoms with E-state index in [-0.39, 0.29) is 12.7 Å². The van der Waals surface area contributed by atoms with Crippen LogP contribution in [0.4, 0.5) is 26.3 Å². The van der Waals surface area contributed by atoms with Crippen molar-refractivity contribution < 1.29 is 40.6 Å². The van der Waals surface area contributed by atoms with Crippen molar-refractivity contribution in [1.82, 2.24) is 4.98 Å². The maximum atomic E-state index is 12.8. The average molecular weight is 443 g/mol. The molecule has 0 saturated carbocycles. The van der Waals surface area contributed by atoms with E-state index in [2.05, 4.69) is 14.5 Å². The highest BCUT2D eigenvalue weighted by Gasteiger charge is 2.38. The van der Waals surface area contributed by atoms with Crippen LogP contribution in [0.25, 0.3) is 0 Å². The van der Waals surface area contributed by atoms with Crippen LogP contribution < -0.4 is 4.74 Å². The zero-order chi connectivity index (χ0) is 17.1. The van der Waals surface area contributed by atoms with Gasteiger partial charge in [0.1, 0.15) is 0 Å². The van der Waals surface area contributed by atoms with Gasteiger partial charge in [-0.1, -0.05) is 0 Å². The molecule has 0 fully saturated rings. The fourth-order valence-electron chi connectivity index (χ4n) is 1.40. The van der Waals surface area contributed by atoms with E-state index < -0.39 is 45.6 Å². The van der Waals surface area contributed by atoms with Crippen LogP contribution in [0.15, 0.2) is 6.07 Å². The second kappa shape index (κ2) is 6.87. The quantitative estimate of drug-likeness (QED) is 0.405. The van der Waals surface area contributed by atoms with Crippen molar-refractivity contribution in [2.75, 3.05) is 6.61 Å². The van der Waals surface area contributed by atoms with Gasteiger partial charge in [0.15, 0.2) is 0 Å². The molecule has 0 spiro atoms. The first-order valence-electron chi connectivity index (χ1n) is 5.62. The van der Waals surface area contributed by atoms with Crippen molar-refractivity contribution in [1.29, 1.82) is 0 Å². The predicted octanol–water partition coefficient (Wildman–Crippen LogP) is 3.71. The predicted molar refractivity (Wildman–Crippen MR) is 69.0 cm³/mol. The number of pyridine rings is 1. The molecule has 0 saturated heterocycles. The summed E-state index contributed by atoms with van der Waals surface area (Å²) in [5, 5.41) is 0. The summed E-state index contributed by atoms with van der Waals surface area (Å²) in [7, 11) is 0. The lowest BCUT2D eigenvalue weighted by Crippen LogP contribution is -2.21. The van der Waals surface area contributed by atoms with Crippen molar-refractivity contribution in [2.24, 2.45) is 0 Å². The molecule has 0 aliphatic carbocycles. The number of ether oxygens (including phenoxy) is 2. The monoisotopic (exact) mass is 443 g/mol. The zero-order valence-electron chi connectivity index (χ0n) is 10.8. The summed E-state index contributed by atoms with van der Waals surface area (Å²) in [5.41, 5.74) is -1.88. The summed E-state index contributed by atoms with van der Waals surface area (Å²) in [5.74, 6) is -2.20. The van der Waals surface area contributed by atoms with Crippen molar-refractivity contribution in [2.45, 2.75) is 25.9 Å². The van der Waals surface area contributed by atoms with E-state index in [4.69, 9.17) is 0 Å². The third kappa shape index (κ3) is 5.50. The Balaban J connectivity index is 3.29. The standard InChI is InChI=1S/C11H8F6INO3/c1-2-21-8(20)4-6-9(18)5(10(12,13)14)3-7(19-6)22-11(15,16)17/h3H,2,4H2,1H3. The summed E-state index contributed by atoms with van der Waals surface area (Å²) >= 11 is 1.25. The van der Waals surface area contributed by atoms with Gasteiger partial charge in [-0.05, 0) is 29.5 Å². The third-order valence-electron chi connectivity index (χ3n) is 2.15. The first-order chi connectivity index (χ1) is 9.94. The molecule has 11 heteroatoms. The number of carbonyl (C=O) groups is 1. The Bertz CT molecular complexity index is 558. The maximum Gasteiger partial charge on any atom is 0.574 e. The van der Waals surface area contributed by atoms with E-state index >= 15 is 0 Å². The molecule has 0 bridgehead atoms. The first-order valence-corrected chi connectivity index (χ1v) is 6.70. The first kappa shape index (κ1) is 18.8. The van der Waals surface area contributed by atoms with Gasteiger partial charge in [-0.2, -0.15) is 13.2 Å². The molecule has 0 N–H and O–H groups in total. The van der Waals surface area contributed by atoms with Crippen molar-refractivity contribution >= 4 is 28.6 Å². The Hall–Kier alpha value is -1.27. The van der Waals surface area contributed by atoms with E-state index in [1.54, 1.807) is 0 Å². The summed E-state index contributed by atoms with van der Waals surface area (Å²) in [6, 6.07) is 0.129. The Kier molecular flexibility index (Phi) is 5.87. The molecule has 1 heterocycles. The number of esters is 1. The fraction of sp³-hybridized carbons (Fsp3) is 0.455. The molecule has 124 valence electrons. The van der Waals surface area contributed by atoms with Gasteiger partial charge in [0.2, 0.25) is 5.88 Å². The van der Waals surface area contributed by atoms with Gasteiger partial charge in [-0.3, -0.25) is 4.79 Å².